The van der Waals surface area contributed by atoms with Crippen LogP contribution in [0.25, 0.3) is 6.08 Å². The monoisotopic (exact) mass is 427 g/mol. The number of nitrogens with one attached hydrogen (secondary N) is 2. The summed E-state index contributed by atoms with van der Waals surface area (Å²) in [5, 5.41) is 5.57. The van der Waals surface area contributed by atoms with Crippen LogP contribution in [0.1, 0.15) is 35.4 Å². The molecule has 31 heavy (non-hydrogen) atoms. The maximum absolute atomic E-state index is 12.8. The van der Waals surface area contributed by atoms with Crippen molar-refractivity contribution in [1.29, 1.82) is 0 Å². The fourth-order valence-corrected chi connectivity index (χ4v) is 3.45. The van der Waals surface area contributed by atoms with Crippen molar-refractivity contribution in [3.8, 4) is 11.5 Å². The van der Waals surface area contributed by atoms with Crippen molar-refractivity contribution in [2.75, 3.05) is 40.4 Å². The Kier molecular flexibility index (Phi) is 8.12. The zero-order chi connectivity index (χ0) is 22.1. The van der Waals surface area contributed by atoms with Gasteiger partial charge in [-0.05, 0) is 69.2 Å². The Morgan fingerprint density at radius 2 is 1.90 bits per heavy atom. The Morgan fingerprint density at radius 1 is 1.13 bits per heavy atom. The van der Waals surface area contributed by atoms with Gasteiger partial charge in [0.05, 0.1) is 20.5 Å². The Hall–Kier alpha value is -3.26. The number of carbonyl (C=O) groups is 2. The van der Waals surface area contributed by atoms with E-state index < -0.39 is 5.91 Å². The van der Waals surface area contributed by atoms with Gasteiger partial charge in [-0.3, -0.25) is 9.59 Å². The molecule has 2 aromatic rings. The largest absolute Gasteiger partial charge is 0.493 e. The lowest BCUT2D eigenvalue weighted by molar-refractivity contribution is -0.117. The van der Waals surface area contributed by atoms with Crippen LogP contribution < -0.4 is 20.1 Å². The average Bonchev–Trinajstić information content (AvgIpc) is 3.49. The molecule has 0 bridgehead atoms. The van der Waals surface area contributed by atoms with Crippen molar-refractivity contribution in [3.63, 3.8) is 0 Å². The van der Waals surface area contributed by atoms with E-state index in [0.717, 1.165) is 26.1 Å². The van der Waals surface area contributed by atoms with Crippen molar-refractivity contribution < 1.29 is 23.5 Å². The van der Waals surface area contributed by atoms with E-state index in [1.165, 1.54) is 39.4 Å². The molecule has 0 atom stereocenters. The molecule has 8 nitrogen and oxygen atoms in total. The lowest BCUT2D eigenvalue weighted by Gasteiger charge is -2.15. The van der Waals surface area contributed by atoms with Crippen LogP contribution in [0, 0.1) is 0 Å². The van der Waals surface area contributed by atoms with Gasteiger partial charge in [-0.2, -0.15) is 0 Å². The number of methoxy groups -OCH3 is 2. The highest BCUT2D eigenvalue weighted by Gasteiger charge is 2.17. The molecular weight excluding hydrogens is 398 g/mol. The molecule has 2 N–H and O–H groups in total. The Labute approximate surface area is 182 Å². The molecule has 8 heteroatoms. The highest BCUT2D eigenvalue weighted by atomic mass is 16.5. The smallest absolute Gasteiger partial charge is 0.267 e. The molecule has 2 amide bonds. The van der Waals surface area contributed by atoms with Crippen LogP contribution in [0.4, 0.5) is 0 Å². The van der Waals surface area contributed by atoms with E-state index in [-0.39, 0.29) is 11.6 Å². The molecule has 0 aliphatic carbocycles. The van der Waals surface area contributed by atoms with Crippen LogP contribution in [0.5, 0.6) is 11.5 Å². The van der Waals surface area contributed by atoms with Crippen molar-refractivity contribution >= 4 is 17.9 Å². The minimum Gasteiger partial charge on any atom is -0.493 e. The minimum atomic E-state index is -0.439. The summed E-state index contributed by atoms with van der Waals surface area (Å²) in [5.74, 6) is 0.603. The Bertz CT molecular complexity index is 902. The highest BCUT2D eigenvalue weighted by molar-refractivity contribution is 6.05. The highest BCUT2D eigenvalue weighted by Crippen LogP contribution is 2.27. The number of carbonyl (C=O) groups excluding carboxylic acids is 2. The third kappa shape index (κ3) is 6.36. The van der Waals surface area contributed by atoms with Crippen molar-refractivity contribution in [2.24, 2.45) is 0 Å². The van der Waals surface area contributed by atoms with Crippen LogP contribution in [0.15, 0.2) is 46.7 Å². The zero-order valence-electron chi connectivity index (χ0n) is 18.0. The van der Waals surface area contributed by atoms with Gasteiger partial charge in [0.2, 0.25) is 0 Å². The number of hydrogen-bond donors (Lipinski definition) is 2. The summed E-state index contributed by atoms with van der Waals surface area (Å²) in [4.78, 5) is 27.9. The molecule has 0 radical (unpaired) electrons. The van der Waals surface area contributed by atoms with Crippen molar-refractivity contribution in [3.05, 3.63) is 53.6 Å². The van der Waals surface area contributed by atoms with Gasteiger partial charge in [0.25, 0.3) is 11.8 Å². The van der Waals surface area contributed by atoms with Gasteiger partial charge < -0.3 is 29.4 Å². The van der Waals surface area contributed by atoms with E-state index in [0.29, 0.717) is 29.4 Å². The van der Waals surface area contributed by atoms with Crippen molar-refractivity contribution in [2.45, 2.75) is 19.3 Å². The molecule has 0 unspecified atom stereocenters. The second-order valence-corrected chi connectivity index (χ2v) is 7.26. The third-order valence-corrected chi connectivity index (χ3v) is 5.10. The van der Waals surface area contributed by atoms with Gasteiger partial charge in [-0.1, -0.05) is 0 Å². The molecule has 1 saturated heterocycles. The second kappa shape index (κ2) is 11.2. The van der Waals surface area contributed by atoms with Gasteiger partial charge in [0.15, 0.2) is 11.5 Å². The number of furan rings is 1. The summed E-state index contributed by atoms with van der Waals surface area (Å²) in [6.07, 6.45) is 6.35. The predicted molar refractivity (Wildman–Crippen MR) is 117 cm³/mol. The fraction of sp³-hybridized carbons (Fsp3) is 0.391. The number of rotatable bonds is 10. The molecule has 0 saturated carbocycles. The molecule has 1 fully saturated rings. The lowest BCUT2D eigenvalue weighted by atomic mass is 10.1. The van der Waals surface area contributed by atoms with Gasteiger partial charge in [-0.25, -0.2) is 0 Å². The summed E-state index contributed by atoms with van der Waals surface area (Å²) in [5.41, 5.74) is 0.445. The summed E-state index contributed by atoms with van der Waals surface area (Å²) < 4.78 is 15.8. The normalized spacial score (nSPS) is 14.3. The van der Waals surface area contributed by atoms with Gasteiger partial charge in [0.1, 0.15) is 11.5 Å². The molecule has 166 valence electrons. The number of hydrogen-bond acceptors (Lipinski definition) is 6. The topological polar surface area (TPSA) is 93.0 Å². The Balaban J connectivity index is 1.65. The predicted octanol–water partition coefficient (Wildman–Crippen LogP) is 2.67. The molecule has 3 rings (SSSR count). The van der Waals surface area contributed by atoms with E-state index in [1.807, 2.05) is 0 Å². The van der Waals surface area contributed by atoms with E-state index in [9.17, 15) is 9.59 Å². The minimum absolute atomic E-state index is 0.107. The summed E-state index contributed by atoms with van der Waals surface area (Å²) >= 11 is 0. The van der Waals surface area contributed by atoms with Crippen LogP contribution in [-0.2, 0) is 4.79 Å². The number of benzene rings is 1. The fourth-order valence-electron chi connectivity index (χ4n) is 3.45. The molecule has 1 aromatic carbocycles. The molecule has 2 heterocycles. The van der Waals surface area contributed by atoms with E-state index in [1.54, 1.807) is 30.3 Å². The lowest BCUT2D eigenvalue weighted by Crippen LogP contribution is -2.36. The molecular formula is C23H29N3O5. The van der Waals surface area contributed by atoms with Crippen LogP contribution >= 0.6 is 0 Å². The number of likely N-dealkylation sites (tertiary alicyclic amines) is 1. The van der Waals surface area contributed by atoms with Crippen molar-refractivity contribution in [1.82, 2.24) is 15.5 Å². The first-order valence-electron chi connectivity index (χ1n) is 10.4. The summed E-state index contributed by atoms with van der Waals surface area (Å²) in [6, 6.07) is 8.24. The summed E-state index contributed by atoms with van der Waals surface area (Å²) in [6.45, 7) is 3.73. The van der Waals surface area contributed by atoms with Gasteiger partial charge in [-0.15, -0.1) is 0 Å². The SMILES string of the molecule is COc1ccc(C(=O)N/C(=C\c2ccco2)C(=O)NCCCN2CCCC2)cc1OC. The zero-order valence-corrected chi connectivity index (χ0v) is 18.0. The van der Waals surface area contributed by atoms with E-state index in [4.69, 9.17) is 13.9 Å². The maximum Gasteiger partial charge on any atom is 0.267 e. The molecule has 1 aliphatic heterocycles. The molecule has 1 aliphatic rings. The number of ether oxygens (including phenoxy) is 2. The molecule has 1 aromatic heterocycles. The standard InChI is InChI=1S/C23H29N3O5/c1-29-20-9-8-17(15-21(20)30-2)22(27)25-19(16-18-7-5-14-31-18)23(28)24-10-6-13-26-11-3-4-12-26/h5,7-9,14-16H,3-4,6,10-13H2,1-2H3,(H,24,28)(H,25,27)/b19-16-. The van der Waals surface area contributed by atoms with Crippen LogP contribution in [-0.4, -0.2) is 57.1 Å². The number of nitrogens with zero attached hydrogens (tertiary/aromatic N) is 1. The first kappa shape index (κ1) is 22.4. The number of amides is 2. The van der Waals surface area contributed by atoms with Gasteiger partial charge in [0, 0.05) is 18.2 Å². The maximum atomic E-state index is 12.8. The van der Waals surface area contributed by atoms with E-state index >= 15 is 0 Å². The first-order chi connectivity index (χ1) is 15.1. The summed E-state index contributed by atoms with van der Waals surface area (Å²) in [7, 11) is 3.02. The molecule has 0 spiro atoms. The quantitative estimate of drug-likeness (QED) is 0.447. The Morgan fingerprint density at radius 3 is 2.58 bits per heavy atom. The third-order valence-electron chi connectivity index (χ3n) is 5.10. The second-order valence-electron chi connectivity index (χ2n) is 7.26. The van der Waals surface area contributed by atoms with Crippen LogP contribution in [0.2, 0.25) is 0 Å². The first-order valence-corrected chi connectivity index (χ1v) is 10.4. The van der Waals surface area contributed by atoms with Crippen LogP contribution in [0.3, 0.4) is 0 Å². The van der Waals surface area contributed by atoms with Gasteiger partial charge >= 0.3 is 0 Å². The van der Waals surface area contributed by atoms with E-state index in [2.05, 4.69) is 15.5 Å². The average molecular weight is 428 g/mol.